The molecule has 0 N–H and O–H groups in total. The molecule has 0 spiro atoms. The third-order valence-corrected chi connectivity index (χ3v) is 5.47. The van der Waals surface area contributed by atoms with Crippen molar-refractivity contribution in [3.05, 3.63) is 58.7 Å². The molecule has 4 aromatic rings. The maximum atomic E-state index is 12.2. The quantitative estimate of drug-likeness (QED) is 0.447. The summed E-state index contributed by atoms with van der Waals surface area (Å²) >= 11 is 2.96. The zero-order chi connectivity index (χ0) is 18.6. The molecule has 0 fully saturated rings. The van der Waals surface area contributed by atoms with E-state index in [0.29, 0.717) is 17.1 Å². The number of rotatable bonds is 6. The van der Waals surface area contributed by atoms with E-state index >= 15 is 0 Å². The number of ether oxygens (including phenoxy) is 2. The molecule has 136 valence electrons. The number of thiazole rings is 1. The first kappa shape index (κ1) is 17.4. The summed E-state index contributed by atoms with van der Waals surface area (Å²) in [4.78, 5) is 21.8. The number of para-hydroxylation sites is 1. The minimum atomic E-state index is -0.536. The molecule has 0 radical (unpaired) electrons. The van der Waals surface area contributed by atoms with E-state index in [1.54, 1.807) is 29.9 Å². The third-order valence-electron chi connectivity index (χ3n) is 3.59. The predicted octanol–water partition coefficient (Wildman–Crippen LogP) is 4.29. The molecule has 7 nitrogen and oxygen atoms in total. The van der Waals surface area contributed by atoms with Crippen LogP contribution < -0.4 is 4.74 Å². The monoisotopic (exact) mass is 399 g/mol. The molecule has 1 aromatic carbocycles. The van der Waals surface area contributed by atoms with Crippen LogP contribution in [-0.2, 0) is 11.3 Å². The van der Waals surface area contributed by atoms with Gasteiger partial charge in [0.2, 0.25) is 5.82 Å². The van der Waals surface area contributed by atoms with Gasteiger partial charge in [0, 0.05) is 5.38 Å². The van der Waals surface area contributed by atoms with Crippen molar-refractivity contribution < 1.29 is 18.8 Å². The second-order valence-corrected chi connectivity index (χ2v) is 7.11. The Morgan fingerprint density at radius 3 is 2.85 bits per heavy atom. The Morgan fingerprint density at radius 1 is 1.15 bits per heavy atom. The first-order chi connectivity index (χ1) is 13.2. The number of methoxy groups -OCH3 is 1. The van der Waals surface area contributed by atoms with Gasteiger partial charge in [0.25, 0.3) is 5.89 Å². The van der Waals surface area contributed by atoms with E-state index in [1.165, 1.54) is 11.3 Å². The second kappa shape index (κ2) is 7.68. The van der Waals surface area contributed by atoms with Crippen molar-refractivity contribution in [1.29, 1.82) is 0 Å². The normalized spacial score (nSPS) is 10.7. The van der Waals surface area contributed by atoms with Crippen molar-refractivity contribution in [2.24, 2.45) is 0 Å². The number of esters is 1. The Bertz CT molecular complexity index is 1060. The van der Waals surface area contributed by atoms with Crippen molar-refractivity contribution in [1.82, 2.24) is 15.1 Å². The molecule has 0 aliphatic heterocycles. The van der Waals surface area contributed by atoms with Crippen LogP contribution in [-0.4, -0.2) is 28.2 Å². The van der Waals surface area contributed by atoms with Crippen molar-refractivity contribution >= 4 is 28.6 Å². The average molecular weight is 399 g/mol. The van der Waals surface area contributed by atoms with Gasteiger partial charge >= 0.3 is 5.97 Å². The van der Waals surface area contributed by atoms with Crippen LogP contribution in [0.3, 0.4) is 0 Å². The SMILES string of the molecule is COc1ccccc1-c1noc(COC(=O)c2csc(-c3cccs3)n2)n1. The van der Waals surface area contributed by atoms with Crippen LogP contribution in [0.25, 0.3) is 21.3 Å². The maximum Gasteiger partial charge on any atom is 0.358 e. The molecule has 4 rings (SSSR count). The first-order valence-electron chi connectivity index (χ1n) is 7.87. The van der Waals surface area contributed by atoms with Crippen LogP contribution in [0.2, 0.25) is 0 Å². The number of thiophene rings is 1. The predicted molar refractivity (Wildman–Crippen MR) is 101 cm³/mol. The lowest BCUT2D eigenvalue weighted by atomic mass is 10.2. The molecule has 9 heteroatoms. The smallest absolute Gasteiger partial charge is 0.358 e. The van der Waals surface area contributed by atoms with Gasteiger partial charge in [-0.15, -0.1) is 22.7 Å². The fraction of sp³-hybridized carbons (Fsp3) is 0.111. The van der Waals surface area contributed by atoms with Crippen LogP contribution in [0.5, 0.6) is 5.75 Å². The number of carbonyl (C=O) groups is 1. The number of hydrogen-bond donors (Lipinski definition) is 0. The average Bonchev–Trinajstić information content (AvgIpc) is 3.47. The number of aromatic nitrogens is 3. The summed E-state index contributed by atoms with van der Waals surface area (Å²) in [5.41, 5.74) is 0.953. The summed E-state index contributed by atoms with van der Waals surface area (Å²) in [6.45, 7) is -0.132. The fourth-order valence-corrected chi connectivity index (χ4v) is 3.94. The molecule has 0 saturated carbocycles. The molecular weight excluding hydrogens is 386 g/mol. The summed E-state index contributed by atoms with van der Waals surface area (Å²) in [5.74, 6) is 0.654. The van der Waals surface area contributed by atoms with Gasteiger partial charge in [0.15, 0.2) is 12.3 Å². The molecule has 0 aliphatic carbocycles. The Hall–Kier alpha value is -3.04. The van der Waals surface area contributed by atoms with Gasteiger partial charge in [0.05, 0.1) is 17.6 Å². The maximum absolute atomic E-state index is 12.2. The second-order valence-electron chi connectivity index (χ2n) is 5.30. The highest BCUT2D eigenvalue weighted by Crippen LogP contribution is 2.29. The molecule has 0 atom stereocenters. The zero-order valence-electron chi connectivity index (χ0n) is 14.1. The first-order valence-corrected chi connectivity index (χ1v) is 9.63. The minimum Gasteiger partial charge on any atom is -0.496 e. The number of benzene rings is 1. The lowest BCUT2D eigenvalue weighted by Gasteiger charge is -2.03. The summed E-state index contributed by atoms with van der Waals surface area (Å²) in [5, 5.41) is 8.33. The third kappa shape index (κ3) is 3.74. The van der Waals surface area contributed by atoms with Crippen LogP contribution in [0.15, 0.2) is 51.7 Å². The Kier molecular flexibility index (Phi) is 4.95. The van der Waals surface area contributed by atoms with Crippen LogP contribution in [0.1, 0.15) is 16.4 Å². The summed E-state index contributed by atoms with van der Waals surface area (Å²) in [6, 6.07) is 11.2. The van der Waals surface area contributed by atoms with Gasteiger partial charge in [-0.25, -0.2) is 9.78 Å². The molecule has 27 heavy (non-hydrogen) atoms. The van der Waals surface area contributed by atoms with Crippen molar-refractivity contribution in [3.8, 4) is 27.0 Å². The van der Waals surface area contributed by atoms with Crippen molar-refractivity contribution in [2.45, 2.75) is 6.61 Å². The minimum absolute atomic E-state index is 0.132. The topological polar surface area (TPSA) is 87.3 Å². The van der Waals surface area contributed by atoms with Crippen molar-refractivity contribution in [3.63, 3.8) is 0 Å². The Labute approximate surface area is 162 Å². The van der Waals surface area contributed by atoms with E-state index in [1.807, 2.05) is 35.7 Å². The van der Waals surface area contributed by atoms with E-state index in [9.17, 15) is 4.79 Å². The number of carbonyl (C=O) groups excluding carboxylic acids is 1. The molecule has 0 saturated heterocycles. The van der Waals surface area contributed by atoms with E-state index < -0.39 is 5.97 Å². The highest BCUT2D eigenvalue weighted by molar-refractivity contribution is 7.20. The van der Waals surface area contributed by atoms with Gasteiger partial charge in [-0.3, -0.25) is 0 Å². The van der Waals surface area contributed by atoms with E-state index in [0.717, 1.165) is 9.88 Å². The summed E-state index contributed by atoms with van der Waals surface area (Å²) in [6.07, 6.45) is 0. The summed E-state index contributed by atoms with van der Waals surface area (Å²) < 4.78 is 15.7. The van der Waals surface area contributed by atoms with Crippen molar-refractivity contribution in [2.75, 3.05) is 7.11 Å². The standard InChI is InChI=1S/C18H13N3O4S2/c1-23-13-6-3-2-5-11(13)16-20-15(25-21-16)9-24-18(22)12-10-27-17(19-12)14-7-4-8-26-14/h2-8,10H,9H2,1H3. The van der Waals surface area contributed by atoms with E-state index in [4.69, 9.17) is 14.0 Å². The van der Waals surface area contributed by atoms with Gasteiger partial charge in [-0.1, -0.05) is 23.4 Å². The fourth-order valence-electron chi connectivity index (χ4n) is 2.33. The highest BCUT2D eigenvalue weighted by Gasteiger charge is 2.17. The van der Waals surface area contributed by atoms with Gasteiger partial charge < -0.3 is 14.0 Å². The Morgan fingerprint density at radius 2 is 2.04 bits per heavy atom. The number of hydrogen-bond acceptors (Lipinski definition) is 9. The molecule has 3 heterocycles. The van der Waals surface area contributed by atoms with Gasteiger partial charge in [-0.2, -0.15) is 4.98 Å². The molecule has 0 bridgehead atoms. The largest absolute Gasteiger partial charge is 0.496 e. The van der Waals surface area contributed by atoms with Gasteiger partial charge in [-0.05, 0) is 23.6 Å². The number of nitrogens with zero attached hydrogens (tertiary/aromatic N) is 3. The zero-order valence-corrected chi connectivity index (χ0v) is 15.8. The lowest BCUT2D eigenvalue weighted by Crippen LogP contribution is -2.05. The van der Waals surface area contributed by atoms with E-state index in [-0.39, 0.29) is 18.2 Å². The van der Waals surface area contributed by atoms with Crippen LogP contribution in [0.4, 0.5) is 0 Å². The van der Waals surface area contributed by atoms with E-state index in [2.05, 4.69) is 15.1 Å². The molecule has 0 aliphatic rings. The molecule has 0 amide bonds. The Balaban J connectivity index is 1.42. The van der Waals surface area contributed by atoms with Crippen LogP contribution >= 0.6 is 22.7 Å². The molecule has 3 aromatic heterocycles. The van der Waals surface area contributed by atoms with Gasteiger partial charge in [0.1, 0.15) is 10.8 Å². The molecular formula is C18H13N3O4S2. The highest BCUT2D eigenvalue weighted by atomic mass is 32.1. The van der Waals surface area contributed by atoms with Crippen LogP contribution in [0, 0.1) is 0 Å². The molecule has 0 unspecified atom stereocenters. The lowest BCUT2D eigenvalue weighted by molar-refractivity contribution is 0.0424. The summed E-state index contributed by atoms with van der Waals surface area (Å²) in [7, 11) is 1.57.